The maximum atomic E-state index is 11.7. The van der Waals surface area contributed by atoms with Crippen LogP contribution in [0.1, 0.15) is 24.0 Å². The molecule has 0 aliphatic rings. The highest BCUT2D eigenvalue weighted by Gasteiger charge is 2.13. The Labute approximate surface area is 187 Å². The van der Waals surface area contributed by atoms with Crippen molar-refractivity contribution in [1.82, 2.24) is 0 Å². The van der Waals surface area contributed by atoms with Gasteiger partial charge in [0.15, 0.2) is 0 Å². The van der Waals surface area contributed by atoms with Gasteiger partial charge in [-0.25, -0.2) is 0 Å². The molecule has 0 heterocycles. The summed E-state index contributed by atoms with van der Waals surface area (Å²) in [4.78, 5) is 23.3. The normalized spacial score (nSPS) is 10.9. The van der Waals surface area contributed by atoms with Gasteiger partial charge in [0.25, 0.3) is 0 Å². The van der Waals surface area contributed by atoms with Gasteiger partial charge in [0.1, 0.15) is 0 Å². The fraction of sp³-hybridized carbons (Fsp3) is 0.214. The van der Waals surface area contributed by atoms with E-state index in [0.717, 1.165) is 43.8 Å². The van der Waals surface area contributed by atoms with Gasteiger partial charge in [-0.1, -0.05) is 72.8 Å². The second kappa shape index (κ2) is 9.65. The van der Waals surface area contributed by atoms with Gasteiger partial charge in [0.05, 0.1) is 14.2 Å². The van der Waals surface area contributed by atoms with Gasteiger partial charge >= 0.3 is 11.9 Å². The molecule has 0 aliphatic carbocycles. The van der Waals surface area contributed by atoms with Gasteiger partial charge < -0.3 is 9.47 Å². The van der Waals surface area contributed by atoms with Crippen LogP contribution in [0.3, 0.4) is 0 Å². The van der Waals surface area contributed by atoms with Gasteiger partial charge in [-0.3, -0.25) is 9.59 Å². The van der Waals surface area contributed by atoms with Crippen molar-refractivity contribution in [3.63, 3.8) is 0 Å². The minimum Gasteiger partial charge on any atom is -0.469 e. The third-order valence-corrected chi connectivity index (χ3v) is 5.97. The summed E-state index contributed by atoms with van der Waals surface area (Å²) in [5.74, 6) is -0.404. The molecule has 0 radical (unpaired) electrons. The topological polar surface area (TPSA) is 52.6 Å². The van der Waals surface area contributed by atoms with Crippen LogP contribution in [0.2, 0.25) is 0 Å². The largest absolute Gasteiger partial charge is 0.469 e. The van der Waals surface area contributed by atoms with Crippen LogP contribution in [0.5, 0.6) is 0 Å². The smallest absolute Gasteiger partial charge is 0.305 e. The molecule has 0 bridgehead atoms. The maximum absolute atomic E-state index is 11.7. The first-order chi connectivity index (χ1) is 15.6. The summed E-state index contributed by atoms with van der Waals surface area (Å²) in [6.07, 6.45) is 2.00. The minimum absolute atomic E-state index is 0.202. The number of hydrogen-bond acceptors (Lipinski definition) is 4. The molecule has 0 N–H and O–H groups in total. The number of rotatable bonds is 7. The van der Waals surface area contributed by atoms with Crippen molar-refractivity contribution < 1.29 is 19.1 Å². The van der Waals surface area contributed by atoms with Crippen LogP contribution in [0.25, 0.3) is 32.7 Å². The zero-order valence-corrected chi connectivity index (χ0v) is 18.4. The SMILES string of the molecule is COC(=O)CCc1ccc(-c2ccc(CCC(=O)OC)c3ccccc23)c2ccccc12. The van der Waals surface area contributed by atoms with Gasteiger partial charge in [-0.15, -0.1) is 0 Å². The van der Waals surface area contributed by atoms with Crippen LogP contribution < -0.4 is 0 Å². The van der Waals surface area contributed by atoms with Gasteiger partial charge in [-0.2, -0.15) is 0 Å². The molecule has 0 saturated heterocycles. The number of benzene rings is 4. The lowest BCUT2D eigenvalue weighted by Crippen LogP contribution is -2.03. The quantitative estimate of drug-likeness (QED) is 0.347. The van der Waals surface area contributed by atoms with E-state index in [0.29, 0.717) is 25.7 Å². The van der Waals surface area contributed by atoms with Crippen LogP contribution in [0.4, 0.5) is 0 Å². The molecule has 0 unspecified atom stereocenters. The minimum atomic E-state index is -0.202. The summed E-state index contributed by atoms with van der Waals surface area (Å²) in [6, 6.07) is 25.1. The molecule has 0 amide bonds. The number of methoxy groups -OCH3 is 2. The molecule has 0 saturated carbocycles. The van der Waals surface area contributed by atoms with Crippen LogP contribution in [0, 0.1) is 0 Å². The van der Waals surface area contributed by atoms with Crippen molar-refractivity contribution in [3.05, 3.63) is 83.9 Å². The standard InChI is InChI=1S/C28H26O4/c1-31-27(29)17-13-19-11-15-25(23-9-5-3-7-21(19)23)26-16-12-20(14-18-28(30)32-2)22-8-4-6-10-24(22)26/h3-12,15-16H,13-14,17-18H2,1-2H3. The van der Waals surface area contributed by atoms with Crippen LogP contribution in [-0.2, 0) is 31.9 Å². The summed E-state index contributed by atoms with van der Waals surface area (Å²) >= 11 is 0. The summed E-state index contributed by atoms with van der Waals surface area (Å²) in [5.41, 5.74) is 4.57. The van der Waals surface area contributed by atoms with Crippen molar-refractivity contribution >= 4 is 33.5 Å². The van der Waals surface area contributed by atoms with Gasteiger partial charge in [-0.05, 0) is 56.6 Å². The van der Waals surface area contributed by atoms with E-state index < -0.39 is 0 Å². The highest BCUT2D eigenvalue weighted by atomic mass is 16.5. The van der Waals surface area contributed by atoms with Crippen molar-refractivity contribution in [2.24, 2.45) is 0 Å². The Bertz CT molecular complexity index is 1190. The van der Waals surface area contributed by atoms with Crippen molar-refractivity contribution in [2.75, 3.05) is 14.2 Å². The Morgan fingerprint density at radius 3 is 1.31 bits per heavy atom. The lowest BCUT2D eigenvalue weighted by atomic mass is 9.89. The molecular weight excluding hydrogens is 400 g/mol. The van der Waals surface area contributed by atoms with E-state index in [1.54, 1.807) is 0 Å². The van der Waals surface area contributed by atoms with E-state index in [-0.39, 0.29) is 11.9 Å². The predicted octanol–water partition coefficient (Wildman–Crippen LogP) is 5.87. The van der Waals surface area contributed by atoms with Gasteiger partial charge in [0.2, 0.25) is 0 Å². The Morgan fingerprint density at radius 2 is 0.938 bits per heavy atom. The number of hydrogen-bond donors (Lipinski definition) is 0. The van der Waals surface area contributed by atoms with E-state index in [4.69, 9.17) is 9.47 Å². The predicted molar refractivity (Wildman–Crippen MR) is 128 cm³/mol. The molecule has 4 nitrogen and oxygen atoms in total. The summed E-state index contributed by atoms with van der Waals surface area (Å²) in [6.45, 7) is 0. The second-order valence-corrected chi connectivity index (χ2v) is 7.79. The van der Waals surface area contributed by atoms with E-state index in [2.05, 4.69) is 48.5 Å². The number of ether oxygens (including phenoxy) is 2. The first kappa shape index (κ1) is 21.6. The molecule has 4 rings (SSSR count). The molecular formula is C28H26O4. The molecule has 0 aliphatic heterocycles. The first-order valence-electron chi connectivity index (χ1n) is 10.8. The Morgan fingerprint density at radius 1 is 0.562 bits per heavy atom. The van der Waals surface area contributed by atoms with E-state index >= 15 is 0 Å². The first-order valence-corrected chi connectivity index (χ1v) is 10.8. The molecule has 4 aromatic rings. The van der Waals surface area contributed by atoms with Crippen LogP contribution in [-0.4, -0.2) is 26.2 Å². The Balaban J connectivity index is 1.80. The van der Waals surface area contributed by atoms with E-state index in [1.165, 1.54) is 14.2 Å². The highest BCUT2D eigenvalue weighted by molar-refractivity contribution is 6.07. The fourth-order valence-corrected chi connectivity index (χ4v) is 4.31. The molecule has 0 aromatic heterocycles. The van der Waals surface area contributed by atoms with Crippen LogP contribution >= 0.6 is 0 Å². The lowest BCUT2D eigenvalue weighted by molar-refractivity contribution is -0.141. The lowest BCUT2D eigenvalue weighted by Gasteiger charge is -2.15. The maximum Gasteiger partial charge on any atom is 0.305 e. The number of fused-ring (bicyclic) bond motifs is 2. The summed E-state index contributed by atoms with van der Waals surface area (Å²) < 4.78 is 9.62. The van der Waals surface area contributed by atoms with E-state index in [1.807, 2.05) is 24.3 Å². The Kier molecular flexibility index (Phi) is 6.50. The van der Waals surface area contributed by atoms with Crippen LogP contribution in [0.15, 0.2) is 72.8 Å². The second-order valence-electron chi connectivity index (χ2n) is 7.79. The van der Waals surface area contributed by atoms with Crippen molar-refractivity contribution in [3.8, 4) is 11.1 Å². The Hall–Kier alpha value is -3.66. The fourth-order valence-electron chi connectivity index (χ4n) is 4.31. The zero-order chi connectivity index (χ0) is 22.5. The monoisotopic (exact) mass is 426 g/mol. The summed E-state index contributed by atoms with van der Waals surface area (Å²) in [7, 11) is 2.84. The molecule has 0 spiro atoms. The van der Waals surface area contributed by atoms with E-state index in [9.17, 15) is 9.59 Å². The molecule has 32 heavy (non-hydrogen) atoms. The molecule has 4 heteroatoms. The number of carbonyl (C=O) groups is 2. The molecule has 4 aromatic carbocycles. The average Bonchev–Trinajstić information content (AvgIpc) is 2.85. The van der Waals surface area contributed by atoms with Crippen molar-refractivity contribution in [2.45, 2.75) is 25.7 Å². The summed E-state index contributed by atoms with van der Waals surface area (Å²) in [5, 5.41) is 4.60. The highest BCUT2D eigenvalue weighted by Crippen LogP contribution is 2.37. The molecule has 162 valence electrons. The van der Waals surface area contributed by atoms with Gasteiger partial charge in [0, 0.05) is 12.8 Å². The third-order valence-electron chi connectivity index (χ3n) is 5.97. The number of aryl methyl sites for hydroxylation is 2. The number of carbonyl (C=O) groups excluding carboxylic acids is 2. The molecule has 0 fully saturated rings. The van der Waals surface area contributed by atoms with Crippen molar-refractivity contribution in [1.29, 1.82) is 0 Å². The molecule has 0 atom stereocenters. The third kappa shape index (κ3) is 4.35. The number of esters is 2. The zero-order valence-electron chi connectivity index (χ0n) is 18.4. The average molecular weight is 427 g/mol.